The summed E-state index contributed by atoms with van der Waals surface area (Å²) in [5.74, 6) is 0. The van der Waals surface area contributed by atoms with Crippen molar-refractivity contribution in [1.29, 1.82) is 0 Å². The van der Waals surface area contributed by atoms with Crippen LogP contribution in [0.15, 0.2) is 42.5 Å². The van der Waals surface area contributed by atoms with Gasteiger partial charge in [-0.25, -0.2) is 0 Å². The van der Waals surface area contributed by atoms with Gasteiger partial charge in [-0.05, 0) is 37.1 Å². The first-order valence-corrected chi connectivity index (χ1v) is 9.79. The first kappa shape index (κ1) is 16.6. The summed E-state index contributed by atoms with van der Waals surface area (Å²) >= 11 is 0. The Bertz CT molecular complexity index is 858. The van der Waals surface area contributed by atoms with Gasteiger partial charge in [-0.2, -0.15) is 0 Å². The zero-order valence-corrected chi connectivity index (χ0v) is 15.5. The molecule has 1 atom stereocenters. The Labute approximate surface area is 150 Å². The van der Waals surface area contributed by atoms with Gasteiger partial charge in [-0.15, -0.1) is 0 Å². The molecule has 25 heavy (non-hydrogen) atoms. The molecule has 132 valence electrons. The first-order valence-electron chi connectivity index (χ1n) is 9.79. The highest BCUT2D eigenvalue weighted by atomic mass is 15.2. The van der Waals surface area contributed by atoms with Crippen LogP contribution in [0.5, 0.6) is 0 Å². The van der Waals surface area contributed by atoms with Crippen molar-refractivity contribution >= 4 is 21.8 Å². The van der Waals surface area contributed by atoms with Gasteiger partial charge in [-0.1, -0.05) is 37.6 Å². The minimum Gasteiger partial charge on any atom is -0.341 e. The smallest absolute Gasteiger partial charge is 0.0491 e. The monoisotopic (exact) mass is 335 g/mol. The third kappa shape index (κ3) is 2.96. The van der Waals surface area contributed by atoms with E-state index in [0.29, 0.717) is 6.04 Å². The van der Waals surface area contributed by atoms with Gasteiger partial charge in [0.1, 0.15) is 0 Å². The van der Waals surface area contributed by atoms with Gasteiger partial charge in [0.05, 0.1) is 0 Å². The summed E-state index contributed by atoms with van der Waals surface area (Å²) in [5.41, 5.74) is 4.20. The second kappa shape index (κ2) is 7.19. The average Bonchev–Trinajstić information content (AvgIpc) is 3.00. The molecule has 0 spiro atoms. The molecule has 1 saturated heterocycles. The maximum atomic E-state index is 3.48. The number of benzene rings is 2. The van der Waals surface area contributed by atoms with E-state index in [1.807, 2.05) is 0 Å². The highest BCUT2D eigenvalue weighted by Crippen LogP contribution is 2.33. The number of piperazine rings is 1. The predicted octanol–water partition coefficient (Wildman–Crippen LogP) is 4.56. The van der Waals surface area contributed by atoms with Gasteiger partial charge in [0.25, 0.3) is 0 Å². The van der Waals surface area contributed by atoms with E-state index in [9.17, 15) is 0 Å². The number of hydrogen-bond acceptors (Lipinski definition) is 2. The Morgan fingerprint density at radius 3 is 2.48 bits per heavy atom. The summed E-state index contributed by atoms with van der Waals surface area (Å²) in [6.45, 7) is 10.1. The number of fused-ring (bicyclic) bond motifs is 3. The molecule has 2 aromatic carbocycles. The van der Waals surface area contributed by atoms with Crippen LogP contribution in [0.25, 0.3) is 21.8 Å². The third-order valence-corrected chi connectivity index (χ3v) is 5.65. The molecule has 1 N–H and O–H groups in total. The molecule has 1 aromatic heterocycles. The SMILES string of the molecule is CCC[C@H](c1ccc2c(c1)c1ccccc1n2CC)N1CCNCC1. The van der Waals surface area contributed by atoms with E-state index in [1.165, 1.54) is 40.2 Å². The third-order valence-electron chi connectivity index (χ3n) is 5.65. The number of hydrogen-bond donors (Lipinski definition) is 1. The molecule has 4 rings (SSSR count). The predicted molar refractivity (Wildman–Crippen MR) is 107 cm³/mol. The maximum Gasteiger partial charge on any atom is 0.0491 e. The molecule has 3 heteroatoms. The lowest BCUT2D eigenvalue weighted by Gasteiger charge is -2.35. The molecule has 1 aliphatic rings. The molecular formula is C22H29N3. The highest BCUT2D eigenvalue weighted by molar-refractivity contribution is 6.08. The average molecular weight is 335 g/mol. The van der Waals surface area contributed by atoms with Crippen molar-refractivity contribution in [3.8, 4) is 0 Å². The van der Waals surface area contributed by atoms with E-state index in [4.69, 9.17) is 0 Å². The van der Waals surface area contributed by atoms with E-state index in [1.54, 1.807) is 0 Å². The normalized spacial score (nSPS) is 17.4. The van der Waals surface area contributed by atoms with Crippen LogP contribution in [0.3, 0.4) is 0 Å². The second-order valence-electron chi connectivity index (χ2n) is 7.13. The van der Waals surface area contributed by atoms with Crippen LogP contribution >= 0.6 is 0 Å². The van der Waals surface area contributed by atoms with Crippen LogP contribution in [0.2, 0.25) is 0 Å². The first-order chi connectivity index (χ1) is 12.3. The van der Waals surface area contributed by atoms with Gasteiger partial charge in [0.15, 0.2) is 0 Å². The second-order valence-corrected chi connectivity index (χ2v) is 7.13. The van der Waals surface area contributed by atoms with Crippen LogP contribution in [0, 0.1) is 0 Å². The molecule has 0 aliphatic carbocycles. The van der Waals surface area contributed by atoms with Crippen molar-refractivity contribution < 1.29 is 0 Å². The summed E-state index contributed by atoms with van der Waals surface area (Å²) < 4.78 is 2.44. The molecule has 0 bridgehead atoms. The lowest BCUT2D eigenvalue weighted by molar-refractivity contribution is 0.165. The van der Waals surface area contributed by atoms with Gasteiger partial charge in [0.2, 0.25) is 0 Å². The van der Waals surface area contributed by atoms with Crippen molar-refractivity contribution in [2.75, 3.05) is 26.2 Å². The minimum atomic E-state index is 0.542. The number of rotatable bonds is 5. The van der Waals surface area contributed by atoms with Crippen molar-refractivity contribution in [2.45, 2.75) is 39.3 Å². The number of nitrogens with one attached hydrogen (secondary N) is 1. The summed E-state index contributed by atoms with van der Waals surface area (Å²) in [4.78, 5) is 2.67. The molecule has 3 aromatic rings. The zero-order valence-electron chi connectivity index (χ0n) is 15.5. The molecule has 0 saturated carbocycles. The number of para-hydroxylation sites is 1. The van der Waals surface area contributed by atoms with Crippen molar-refractivity contribution in [3.63, 3.8) is 0 Å². The van der Waals surface area contributed by atoms with Gasteiger partial charge in [-0.3, -0.25) is 4.90 Å². The van der Waals surface area contributed by atoms with Crippen molar-refractivity contribution in [1.82, 2.24) is 14.8 Å². The van der Waals surface area contributed by atoms with E-state index >= 15 is 0 Å². The van der Waals surface area contributed by atoms with Crippen LogP contribution in [0.1, 0.15) is 38.3 Å². The minimum absolute atomic E-state index is 0.542. The molecule has 0 unspecified atom stereocenters. The summed E-state index contributed by atoms with van der Waals surface area (Å²) in [6, 6.07) is 16.6. The van der Waals surface area contributed by atoms with Crippen LogP contribution in [0.4, 0.5) is 0 Å². The molecule has 0 amide bonds. The van der Waals surface area contributed by atoms with Gasteiger partial charge < -0.3 is 9.88 Å². The number of aryl methyl sites for hydroxylation is 1. The Morgan fingerprint density at radius 1 is 0.960 bits per heavy atom. The summed E-state index contributed by atoms with van der Waals surface area (Å²) in [6.07, 6.45) is 2.46. The van der Waals surface area contributed by atoms with Crippen molar-refractivity contribution in [3.05, 3.63) is 48.0 Å². The maximum absolute atomic E-state index is 3.48. The Kier molecular flexibility index (Phi) is 4.78. The topological polar surface area (TPSA) is 20.2 Å². The van der Waals surface area contributed by atoms with Crippen LogP contribution < -0.4 is 5.32 Å². The lowest BCUT2D eigenvalue weighted by Crippen LogP contribution is -2.45. The van der Waals surface area contributed by atoms with E-state index in [-0.39, 0.29) is 0 Å². The van der Waals surface area contributed by atoms with Gasteiger partial charge in [0, 0.05) is 60.6 Å². The summed E-state index contributed by atoms with van der Waals surface area (Å²) in [7, 11) is 0. The largest absolute Gasteiger partial charge is 0.341 e. The summed E-state index contributed by atoms with van der Waals surface area (Å²) in [5, 5.41) is 6.28. The number of nitrogens with zero attached hydrogens (tertiary/aromatic N) is 2. The fourth-order valence-electron chi connectivity index (χ4n) is 4.45. The van der Waals surface area contributed by atoms with E-state index in [0.717, 1.165) is 32.7 Å². The molecule has 0 radical (unpaired) electrons. The molecule has 3 nitrogen and oxygen atoms in total. The van der Waals surface area contributed by atoms with Crippen molar-refractivity contribution in [2.24, 2.45) is 0 Å². The molecular weight excluding hydrogens is 306 g/mol. The molecule has 1 aliphatic heterocycles. The molecule has 1 fully saturated rings. The standard InChI is InChI=1S/C22H29N3/c1-3-7-20(24-14-12-23-13-15-24)17-10-11-22-19(16-17)18-8-5-6-9-21(18)25(22)4-2/h5-6,8-11,16,20,23H,3-4,7,12-15H2,1-2H3/t20-/m1/s1. The van der Waals surface area contributed by atoms with E-state index < -0.39 is 0 Å². The molecule has 2 heterocycles. The van der Waals surface area contributed by atoms with Crippen LogP contribution in [-0.4, -0.2) is 35.6 Å². The van der Waals surface area contributed by atoms with E-state index in [2.05, 4.69) is 71.1 Å². The van der Waals surface area contributed by atoms with Gasteiger partial charge >= 0.3 is 0 Å². The lowest BCUT2D eigenvalue weighted by atomic mass is 9.98. The zero-order chi connectivity index (χ0) is 17.2. The fourth-order valence-corrected chi connectivity index (χ4v) is 4.45. The fraction of sp³-hybridized carbons (Fsp3) is 0.455. The Balaban J connectivity index is 1.82. The Hall–Kier alpha value is -1.84. The Morgan fingerprint density at radius 2 is 1.72 bits per heavy atom. The number of aromatic nitrogens is 1. The quantitative estimate of drug-likeness (QED) is 0.737. The van der Waals surface area contributed by atoms with Crippen LogP contribution in [-0.2, 0) is 6.54 Å². The highest BCUT2D eigenvalue weighted by Gasteiger charge is 2.22.